The van der Waals surface area contributed by atoms with Crippen molar-refractivity contribution in [3.63, 3.8) is 0 Å². The van der Waals surface area contributed by atoms with Crippen molar-refractivity contribution in [1.29, 1.82) is 0 Å². The first-order valence-corrected chi connectivity index (χ1v) is 9.33. The number of hydrogen-bond acceptors (Lipinski definition) is 4. The summed E-state index contributed by atoms with van der Waals surface area (Å²) in [5, 5.41) is 10.5. The van der Waals surface area contributed by atoms with Gasteiger partial charge in [0.25, 0.3) is 5.91 Å². The predicted molar refractivity (Wildman–Crippen MR) is 104 cm³/mol. The molecule has 2 N–H and O–H groups in total. The summed E-state index contributed by atoms with van der Waals surface area (Å²) in [6.45, 7) is 4.93. The van der Waals surface area contributed by atoms with Gasteiger partial charge in [-0.25, -0.2) is 0 Å². The van der Waals surface area contributed by atoms with Crippen molar-refractivity contribution in [2.75, 3.05) is 18.4 Å². The third-order valence-electron chi connectivity index (χ3n) is 4.96. The van der Waals surface area contributed by atoms with Crippen molar-refractivity contribution in [1.82, 2.24) is 20.0 Å². The Morgan fingerprint density at radius 2 is 1.78 bits per heavy atom. The van der Waals surface area contributed by atoms with E-state index in [1.54, 1.807) is 28.9 Å². The second kappa shape index (κ2) is 7.82. The van der Waals surface area contributed by atoms with Gasteiger partial charge in [0.15, 0.2) is 0 Å². The molecule has 1 aromatic carbocycles. The molecule has 1 aromatic heterocycles. The van der Waals surface area contributed by atoms with E-state index in [2.05, 4.69) is 15.7 Å². The quantitative estimate of drug-likeness (QED) is 0.845. The predicted octanol–water partition coefficient (Wildman–Crippen LogP) is 2.03. The number of aromatic nitrogens is 2. The molecule has 0 atom stereocenters. The first kappa shape index (κ1) is 18.9. The van der Waals surface area contributed by atoms with E-state index in [1.807, 2.05) is 44.2 Å². The van der Waals surface area contributed by atoms with E-state index in [-0.39, 0.29) is 17.9 Å². The van der Waals surface area contributed by atoms with Crippen molar-refractivity contribution < 1.29 is 9.59 Å². The van der Waals surface area contributed by atoms with Gasteiger partial charge in [0.05, 0.1) is 0 Å². The Hall–Kier alpha value is -2.83. The maximum absolute atomic E-state index is 13.0. The molecular weight excluding hydrogens is 342 g/mol. The van der Waals surface area contributed by atoms with Crippen molar-refractivity contribution >= 4 is 17.5 Å². The molecule has 1 fully saturated rings. The minimum absolute atomic E-state index is 0.0195. The number of para-hydroxylation sites is 1. The van der Waals surface area contributed by atoms with Crippen LogP contribution in [0, 0.1) is 0 Å². The SMILES string of the molecule is CC(C)NC(=O)C1(Nc2ccccc2)CCN(C(=O)c2ccnn2C)CC1. The zero-order chi connectivity index (χ0) is 19.4. The number of carbonyl (C=O) groups is 2. The van der Waals surface area contributed by atoms with Crippen LogP contribution >= 0.6 is 0 Å². The summed E-state index contributed by atoms with van der Waals surface area (Å²) in [6, 6.07) is 11.5. The van der Waals surface area contributed by atoms with Crippen LogP contribution in [0.3, 0.4) is 0 Å². The van der Waals surface area contributed by atoms with Gasteiger partial charge in [0.1, 0.15) is 11.2 Å². The zero-order valence-electron chi connectivity index (χ0n) is 16.1. The molecule has 1 saturated heterocycles. The molecule has 0 unspecified atom stereocenters. The summed E-state index contributed by atoms with van der Waals surface area (Å²) in [6.07, 6.45) is 2.71. The summed E-state index contributed by atoms with van der Waals surface area (Å²) >= 11 is 0. The highest BCUT2D eigenvalue weighted by molar-refractivity contribution is 5.94. The Morgan fingerprint density at radius 1 is 1.11 bits per heavy atom. The minimum Gasteiger partial charge on any atom is -0.371 e. The molecule has 0 bridgehead atoms. The van der Waals surface area contributed by atoms with Crippen LogP contribution in [0.5, 0.6) is 0 Å². The Kier molecular flexibility index (Phi) is 5.48. The topological polar surface area (TPSA) is 79.3 Å². The number of rotatable bonds is 5. The number of amides is 2. The van der Waals surface area contributed by atoms with Gasteiger partial charge in [0, 0.05) is 38.1 Å². The van der Waals surface area contributed by atoms with Gasteiger partial charge in [0.2, 0.25) is 5.91 Å². The van der Waals surface area contributed by atoms with E-state index in [0.29, 0.717) is 31.6 Å². The highest BCUT2D eigenvalue weighted by Gasteiger charge is 2.42. The molecule has 2 amide bonds. The lowest BCUT2D eigenvalue weighted by molar-refractivity contribution is -0.127. The van der Waals surface area contributed by atoms with Crippen LogP contribution in [0.1, 0.15) is 37.2 Å². The van der Waals surface area contributed by atoms with Crippen LogP contribution in [0.2, 0.25) is 0 Å². The number of likely N-dealkylation sites (tertiary alicyclic amines) is 1. The molecule has 0 radical (unpaired) electrons. The Bertz CT molecular complexity index is 792. The molecular formula is C20H27N5O2. The van der Waals surface area contributed by atoms with Gasteiger partial charge in [-0.15, -0.1) is 0 Å². The molecule has 1 aliphatic heterocycles. The summed E-state index contributed by atoms with van der Waals surface area (Å²) in [5.41, 5.74) is 0.738. The van der Waals surface area contributed by atoms with E-state index in [0.717, 1.165) is 5.69 Å². The fourth-order valence-electron chi connectivity index (χ4n) is 3.44. The van der Waals surface area contributed by atoms with Crippen molar-refractivity contribution in [2.45, 2.75) is 38.3 Å². The maximum Gasteiger partial charge on any atom is 0.272 e. The average Bonchev–Trinajstić information content (AvgIpc) is 3.08. The van der Waals surface area contributed by atoms with E-state index in [4.69, 9.17) is 0 Å². The fourth-order valence-corrected chi connectivity index (χ4v) is 3.44. The van der Waals surface area contributed by atoms with Crippen molar-refractivity contribution in [3.8, 4) is 0 Å². The Labute approximate surface area is 159 Å². The lowest BCUT2D eigenvalue weighted by Gasteiger charge is -2.42. The Morgan fingerprint density at radius 3 is 2.33 bits per heavy atom. The monoisotopic (exact) mass is 369 g/mol. The van der Waals surface area contributed by atoms with Crippen molar-refractivity contribution in [3.05, 3.63) is 48.3 Å². The minimum atomic E-state index is -0.727. The number of aryl methyl sites for hydroxylation is 1. The molecule has 0 saturated carbocycles. The molecule has 144 valence electrons. The summed E-state index contributed by atoms with van der Waals surface area (Å²) in [5.74, 6) is -0.0680. The highest BCUT2D eigenvalue weighted by Crippen LogP contribution is 2.28. The summed E-state index contributed by atoms with van der Waals surface area (Å²) in [4.78, 5) is 27.5. The first-order valence-electron chi connectivity index (χ1n) is 9.33. The number of anilines is 1. The number of benzene rings is 1. The van der Waals surface area contributed by atoms with Gasteiger partial charge in [-0.2, -0.15) is 5.10 Å². The average molecular weight is 369 g/mol. The lowest BCUT2D eigenvalue weighted by atomic mass is 9.85. The van der Waals surface area contributed by atoms with E-state index < -0.39 is 5.54 Å². The van der Waals surface area contributed by atoms with E-state index >= 15 is 0 Å². The fraction of sp³-hybridized carbons (Fsp3) is 0.450. The number of carbonyl (C=O) groups excluding carboxylic acids is 2. The third kappa shape index (κ3) is 4.13. The van der Waals surface area contributed by atoms with Gasteiger partial charge < -0.3 is 15.5 Å². The highest BCUT2D eigenvalue weighted by atomic mass is 16.2. The van der Waals surface area contributed by atoms with Gasteiger partial charge >= 0.3 is 0 Å². The van der Waals surface area contributed by atoms with E-state index in [9.17, 15) is 9.59 Å². The molecule has 3 rings (SSSR count). The molecule has 2 aromatic rings. The first-order chi connectivity index (χ1) is 12.9. The lowest BCUT2D eigenvalue weighted by Crippen LogP contribution is -2.60. The third-order valence-corrected chi connectivity index (χ3v) is 4.96. The normalized spacial score (nSPS) is 16.2. The van der Waals surface area contributed by atoms with Crippen LogP contribution < -0.4 is 10.6 Å². The van der Waals surface area contributed by atoms with Crippen LogP contribution in [-0.4, -0.2) is 51.2 Å². The number of nitrogens with zero attached hydrogens (tertiary/aromatic N) is 3. The standard InChI is InChI=1S/C20H27N5O2/c1-15(2)22-19(27)20(23-16-7-5-4-6-8-16)10-13-25(14-11-20)18(26)17-9-12-21-24(17)3/h4-9,12,15,23H,10-11,13-14H2,1-3H3,(H,22,27). The Balaban J connectivity index is 1.76. The second-order valence-electron chi connectivity index (χ2n) is 7.33. The van der Waals surface area contributed by atoms with Crippen LogP contribution in [0.25, 0.3) is 0 Å². The van der Waals surface area contributed by atoms with Crippen LogP contribution in [0.4, 0.5) is 5.69 Å². The smallest absolute Gasteiger partial charge is 0.272 e. The number of hydrogen-bond donors (Lipinski definition) is 2. The van der Waals surface area contributed by atoms with Crippen molar-refractivity contribution in [2.24, 2.45) is 7.05 Å². The van der Waals surface area contributed by atoms with Crippen LogP contribution in [-0.2, 0) is 11.8 Å². The van der Waals surface area contributed by atoms with Gasteiger partial charge in [-0.1, -0.05) is 18.2 Å². The molecule has 1 aliphatic rings. The molecule has 7 heteroatoms. The summed E-state index contributed by atoms with van der Waals surface area (Å²) in [7, 11) is 1.76. The van der Waals surface area contributed by atoms with E-state index in [1.165, 1.54) is 0 Å². The van der Waals surface area contributed by atoms with Gasteiger partial charge in [-0.3, -0.25) is 14.3 Å². The second-order valence-corrected chi connectivity index (χ2v) is 7.33. The molecule has 7 nitrogen and oxygen atoms in total. The number of piperidine rings is 1. The largest absolute Gasteiger partial charge is 0.371 e. The zero-order valence-corrected chi connectivity index (χ0v) is 16.1. The summed E-state index contributed by atoms with van der Waals surface area (Å²) < 4.78 is 1.58. The molecule has 0 spiro atoms. The number of nitrogens with one attached hydrogen (secondary N) is 2. The van der Waals surface area contributed by atoms with Gasteiger partial charge in [-0.05, 0) is 44.9 Å². The van der Waals surface area contributed by atoms with Crippen LogP contribution in [0.15, 0.2) is 42.6 Å². The molecule has 27 heavy (non-hydrogen) atoms. The molecule has 2 heterocycles. The maximum atomic E-state index is 13.0. The molecule has 0 aliphatic carbocycles.